The molecule has 1 aliphatic carbocycles. The van der Waals surface area contributed by atoms with Gasteiger partial charge in [0.1, 0.15) is 13.2 Å². The third-order valence-corrected chi connectivity index (χ3v) is 8.61. The van der Waals surface area contributed by atoms with Gasteiger partial charge in [-0.05, 0) is 53.8 Å². The quantitative estimate of drug-likeness (QED) is 0.194. The smallest absolute Gasteiger partial charge is 0.336 e. The van der Waals surface area contributed by atoms with E-state index in [0.717, 1.165) is 33.9 Å². The zero-order chi connectivity index (χ0) is 29.5. The minimum atomic E-state index is -0.575. The number of esters is 1. The second-order valence-corrected chi connectivity index (χ2v) is 11.8. The number of Topliss-reactive ketones (excluding diaryl/α,β-unsaturated/α-hetero) is 1. The summed E-state index contributed by atoms with van der Waals surface area (Å²) in [5.74, 6) is 1.93. The number of rotatable bonds is 11. The third kappa shape index (κ3) is 6.57. The fourth-order valence-corrected chi connectivity index (χ4v) is 6.23. The molecule has 0 radical (unpaired) electrons. The number of methoxy groups -OCH3 is 1. The van der Waals surface area contributed by atoms with E-state index >= 15 is 0 Å². The highest BCUT2D eigenvalue weighted by Crippen LogP contribution is 2.47. The number of hydrogen-bond acceptors (Lipinski definition) is 7. The van der Waals surface area contributed by atoms with Gasteiger partial charge >= 0.3 is 5.97 Å². The van der Waals surface area contributed by atoms with Gasteiger partial charge in [0.05, 0.1) is 12.7 Å². The Morgan fingerprint density at radius 1 is 0.952 bits per heavy atom. The van der Waals surface area contributed by atoms with E-state index in [9.17, 15) is 9.59 Å². The van der Waals surface area contributed by atoms with Crippen LogP contribution in [0.3, 0.4) is 0 Å². The Bertz CT molecular complexity index is 1480. The summed E-state index contributed by atoms with van der Waals surface area (Å²) < 4.78 is 17.6. The molecule has 0 amide bonds. The number of thioether (sulfide) groups is 1. The molecule has 0 fully saturated rings. The Morgan fingerprint density at radius 2 is 1.69 bits per heavy atom. The number of allylic oxidation sites excluding steroid dienone is 3. The molecule has 0 saturated carbocycles. The van der Waals surface area contributed by atoms with Crippen LogP contribution in [-0.2, 0) is 20.9 Å². The normalized spacial score (nSPS) is 18.3. The zero-order valence-corrected chi connectivity index (χ0v) is 25.2. The maximum Gasteiger partial charge on any atom is 0.336 e. The molecule has 7 heteroatoms. The molecule has 1 heterocycles. The Labute approximate surface area is 252 Å². The van der Waals surface area contributed by atoms with Crippen LogP contribution in [0.15, 0.2) is 101 Å². The number of carbonyl (C=O) groups excluding carboxylic acids is 2. The summed E-state index contributed by atoms with van der Waals surface area (Å²) in [6.07, 6.45) is 1.06. The Hall–Kier alpha value is -3.97. The monoisotopic (exact) mass is 583 g/mol. The molecule has 1 N–H and O–H groups in total. The highest BCUT2D eigenvalue weighted by Gasteiger charge is 2.41. The minimum Gasteiger partial charge on any atom is -0.493 e. The van der Waals surface area contributed by atoms with Gasteiger partial charge in [0.25, 0.3) is 0 Å². The summed E-state index contributed by atoms with van der Waals surface area (Å²) in [6, 6.07) is 25.7. The minimum absolute atomic E-state index is 0.0327. The van der Waals surface area contributed by atoms with Gasteiger partial charge in [0.2, 0.25) is 0 Å². The lowest BCUT2D eigenvalue weighted by atomic mass is 9.71. The Balaban J connectivity index is 1.50. The maximum atomic E-state index is 13.9. The summed E-state index contributed by atoms with van der Waals surface area (Å²) >= 11 is 1.72. The summed E-state index contributed by atoms with van der Waals surface area (Å²) in [5.41, 5.74) is 5.62. The number of nitrogens with one attached hydrogen (secondary N) is 1. The summed E-state index contributed by atoms with van der Waals surface area (Å²) in [6.45, 7) is 4.67. The summed E-state index contributed by atoms with van der Waals surface area (Å²) in [4.78, 5) is 27.5. The number of benzene rings is 3. The molecule has 2 aliphatic rings. The fraction of sp³-hybridized carbons (Fsp3) is 0.314. The van der Waals surface area contributed by atoms with Gasteiger partial charge < -0.3 is 19.5 Å². The molecule has 0 saturated heterocycles. The molecular weight excluding hydrogens is 546 g/mol. The predicted octanol–water partition coefficient (Wildman–Crippen LogP) is 6.93. The van der Waals surface area contributed by atoms with E-state index in [1.54, 1.807) is 18.9 Å². The SMILES string of the molecule is CCSCCOC(=O)C1=C(C)NC2=C(C(=O)C[C@H](c3ccccc3)C2)[C@H]1c1ccc(OCc2ccccc2)c(OC)c1. The molecule has 3 aromatic rings. The van der Waals surface area contributed by atoms with E-state index < -0.39 is 11.9 Å². The van der Waals surface area contributed by atoms with Crippen molar-refractivity contribution in [3.63, 3.8) is 0 Å². The van der Waals surface area contributed by atoms with Crippen LogP contribution in [0, 0.1) is 0 Å². The lowest BCUT2D eigenvalue weighted by molar-refractivity contribution is -0.138. The van der Waals surface area contributed by atoms with Crippen LogP contribution in [-0.4, -0.2) is 37.0 Å². The number of dihydropyridines is 1. The first-order valence-electron chi connectivity index (χ1n) is 14.4. The first kappa shape index (κ1) is 29.5. The second kappa shape index (κ2) is 13.8. The average molecular weight is 584 g/mol. The van der Waals surface area contributed by atoms with Gasteiger partial charge in [0.15, 0.2) is 17.3 Å². The second-order valence-electron chi connectivity index (χ2n) is 10.4. The summed E-state index contributed by atoms with van der Waals surface area (Å²) in [7, 11) is 1.60. The molecule has 5 rings (SSSR count). The zero-order valence-electron chi connectivity index (χ0n) is 24.4. The van der Waals surface area contributed by atoms with Crippen LogP contribution >= 0.6 is 11.8 Å². The van der Waals surface area contributed by atoms with Crippen molar-refractivity contribution >= 4 is 23.5 Å². The molecule has 0 bridgehead atoms. The van der Waals surface area contributed by atoms with Gasteiger partial charge in [-0.3, -0.25) is 4.79 Å². The van der Waals surface area contributed by atoms with Gasteiger partial charge in [-0.15, -0.1) is 0 Å². The van der Waals surface area contributed by atoms with Crippen molar-refractivity contribution in [2.45, 2.75) is 45.1 Å². The first-order valence-corrected chi connectivity index (χ1v) is 15.5. The van der Waals surface area contributed by atoms with E-state index in [-0.39, 0.29) is 11.7 Å². The number of carbonyl (C=O) groups is 2. The fourth-order valence-electron chi connectivity index (χ4n) is 5.74. The van der Waals surface area contributed by atoms with E-state index in [1.165, 1.54) is 0 Å². The van der Waals surface area contributed by atoms with E-state index in [1.807, 2.05) is 73.7 Å². The molecule has 42 heavy (non-hydrogen) atoms. The standard InChI is InChI=1S/C35H37NO5S/c1-4-42-18-17-40-35(38)32-23(2)36-28-19-27(25-13-9-6-10-14-25)20-29(37)34(28)33(32)26-15-16-30(31(21-26)39-3)41-22-24-11-7-5-8-12-24/h5-16,21,27,33,36H,4,17-20,22H2,1-3H3/t27-,33+/m1/s1. The number of hydrogen-bond donors (Lipinski definition) is 1. The van der Waals surface area contributed by atoms with Crippen molar-refractivity contribution in [1.82, 2.24) is 5.32 Å². The van der Waals surface area contributed by atoms with Gasteiger partial charge in [-0.25, -0.2) is 4.79 Å². The molecule has 0 aromatic heterocycles. The largest absolute Gasteiger partial charge is 0.493 e. The number of ketones is 1. The van der Waals surface area contributed by atoms with Crippen molar-refractivity contribution < 1.29 is 23.8 Å². The average Bonchev–Trinajstić information content (AvgIpc) is 3.02. The van der Waals surface area contributed by atoms with Crippen molar-refractivity contribution in [2.75, 3.05) is 25.2 Å². The van der Waals surface area contributed by atoms with Crippen LogP contribution in [0.25, 0.3) is 0 Å². The molecule has 6 nitrogen and oxygen atoms in total. The molecule has 0 spiro atoms. The molecule has 218 valence electrons. The van der Waals surface area contributed by atoms with Crippen LogP contribution in [0.4, 0.5) is 0 Å². The highest BCUT2D eigenvalue weighted by atomic mass is 32.2. The van der Waals surface area contributed by atoms with Crippen molar-refractivity contribution in [3.8, 4) is 11.5 Å². The maximum absolute atomic E-state index is 13.9. The lowest BCUT2D eigenvalue weighted by Crippen LogP contribution is -2.36. The van der Waals surface area contributed by atoms with Gasteiger partial charge in [-0.2, -0.15) is 11.8 Å². The van der Waals surface area contributed by atoms with Crippen LogP contribution in [0.5, 0.6) is 11.5 Å². The first-order chi connectivity index (χ1) is 20.5. The van der Waals surface area contributed by atoms with Gasteiger partial charge in [-0.1, -0.05) is 73.7 Å². The molecule has 0 unspecified atom stereocenters. The van der Waals surface area contributed by atoms with Crippen molar-refractivity contribution in [2.24, 2.45) is 0 Å². The third-order valence-electron chi connectivity index (χ3n) is 7.74. The van der Waals surface area contributed by atoms with Crippen LogP contribution in [0.2, 0.25) is 0 Å². The lowest BCUT2D eigenvalue weighted by Gasteiger charge is -2.37. The molecular formula is C35H37NO5S. The topological polar surface area (TPSA) is 73.9 Å². The van der Waals surface area contributed by atoms with Crippen LogP contribution < -0.4 is 14.8 Å². The predicted molar refractivity (Wildman–Crippen MR) is 167 cm³/mol. The number of ether oxygens (including phenoxy) is 3. The van der Waals surface area contributed by atoms with Crippen LogP contribution in [0.1, 0.15) is 55.2 Å². The summed E-state index contributed by atoms with van der Waals surface area (Å²) in [5, 5.41) is 3.44. The van der Waals surface area contributed by atoms with Crippen molar-refractivity contribution in [1.29, 1.82) is 0 Å². The Morgan fingerprint density at radius 3 is 2.40 bits per heavy atom. The van der Waals surface area contributed by atoms with Crippen molar-refractivity contribution in [3.05, 3.63) is 118 Å². The van der Waals surface area contributed by atoms with E-state index in [2.05, 4.69) is 24.4 Å². The highest BCUT2D eigenvalue weighted by molar-refractivity contribution is 7.99. The molecule has 2 atom stereocenters. The van der Waals surface area contributed by atoms with Gasteiger partial charge in [0, 0.05) is 35.1 Å². The molecule has 1 aliphatic heterocycles. The van der Waals surface area contributed by atoms with E-state index in [0.29, 0.717) is 54.4 Å². The Kier molecular flexibility index (Phi) is 9.70. The van der Waals surface area contributed by atoms with E-state index in [4.69, 9.17) is 14.2 Å². The molecule has 3 aromatic carbocycles.